The van der Waals surface area contributed by atoms with Crippen molar-refractivity contribution in [1.29, 1.82) is 0 Å². The highest BCUT2D eigenvalue weighted by atomic mass is 32.2. The summed E-state index contributed by atoms with van der Waals surface area (Å²) in [7, 11) is -0.782. The molecule has 1 N–H and O–H groups in total. The highest BCUT2D eigenvalue weighted by Gasteiger charge is 2.52. The average molecular weight is 456 g/mol. The molecule has 166 valence electrons. The lowest BCUT2D eigenvalue weighted by Gasteiger charge is -2.32. The Morgan fingerprint density at radius 1 is 1.16 bits per heavy atom. The predicted octanol–water partition coefficient (Wildman–Crippen LogP) is 3.66. The first-order valence-electron chi connectivity index (χ1n) is 9.20. The number of carbonyl (C=O) groups is 1. The smallest absolute Gasteiger partial charge is 0.478 e. The van der Waals surface area contributed by atoms with E-state index in [4.69, 9.17) is 14.4 Å². The largest absolute Gasteiger partial charge is 0.573 e. The quantitative estimate of drug-likeness (QED) is 0.400. The lowest BCUT2D eigenvalue weighted by Crippen LogP contribution is -2.41. The van der Waals surface area contributed by atoms with Crippen molar-refractivity contribution in [2.75, 3.05) is 0 Å². The molecule has 31 heavy (non-hydrogen) atoms. The topological polar surface area (TPSA) is 90.8 Å². The molecule has 3 rings (SSSR count). The number of nitrogens with zero attached hydrogens (tertiary/aromatic N) is 2. The molecule has 7 nitrogen and oxygen atoms in total. The Hall–Kier alpha value is -2.31. The van der Waals surface area contributed by atoms with Crippen LogP contribution in [0.5, 0.6) is 5.75 Å². The second kappa shape index (κ2) is 8.32. The second-order valence-electron chi connectivity index (χ2n) is 7.84. The number of hydrogen-bond acceptors (Lipinski definition) is 7. The lowest BCUT2D eigenvalue weighted by molar-refractivity contribution is -0.274. The van der Waals surface area contributed by atoms with Crippen molar-refractivity contribution in [1.82, 2.24) is 9.97 Å². The van der Waals surface area contributed by atoms with Gasteiger partial charge in [0.25, 0.3) is 0 Å². The molecule has 1 saturated heterocycles. The fraction of sp³-hybridized carbons (Fsp3) is 0.421. The summed E-state index contributed by atoms with van der Waals surface area (Å²) < 4.78 is 54.2. The van der Waals surface area contributed by atoms with Crippen molar-refractivity contribution in [2.24, 2.45) is 0 Å². The third-order valence-corrected chi connectivity index (χ3v) is 6.01. The van der Waals surface area contributed by atoms with E-state index >= 15 is 0 Å². The van der Waals surface area contributed by atoms with Gasteiger partial charge in [0.15, 0.2) is 5.16 Å². The molecule has 1 aromatic carbocycles. The van der Waals surface area contributed by atoms with Crippen molar-refractivity contribution in [3.63, 3.8) is 0 Å². The van der Waals surface area contributed by atoms with E-state index in [9.17, 15) is 18.0 Å². The zero-order valence-electron chi connectivity index (χ0n) is 17.2. The number of thioether (sulfide) groups is 1. The Labute approximate surface area is 181 Å². The molecule has 0 radical (unpaired) electrons. The summed E-state index contributed by atoms with van der Waals surface area (Å²) in [5.41, 5.74) is -0.278. The number of hydrogen-bond donors (Lipinski definition) is 1. The van der Waals surface area contributed by atoms with Crippen LogP contribution in [0.25, 0.3) is 0 Å². The fourth-order valence-electron chi connectivity index (χ4n) is 2.75. The summed E-state index contributed by atoms with van der Waals surface area (Å²) in [6, 6.07) is 3.96. The molecule has 2 aromatic rings. The second-order valence-corrected chi connectivity index (χ2v) is 8.79. The maximum Gasteiger partial charge on any atom is 0.573 e. The molecular weight excluding hydrogens is 436 g/mol. The van der Waals surface area contributed by atoms with Gasteiger partial charge < -0.3 is 19.2 Å². The van der Waals surface area contributed by atoms with Crippen molar-refractivity contribution in [3.05, 3.63) is 41.7 Å². The first-order valence-corrected chi connectivity index (χ1v) is 10.2. The van der Waals surface area contributed by atoms with Crippen molar-refractivity contribution < 1.29 is 37.1 Å². The number of carboxylic acid groups (broad SMARTS) is 1. The number of halogens is 3. The van der Waals surface area contributed by atoms with Gasteiger partial charge in [0.2, 0.25) is 0 Å². The molecule has 12 heteroatoms. The highest BCUT2D eigenvalue weighted by molar-refractivity contribution is 7.98. The molecule has 0 aliphatic carbocycles. The van der Waals surface area contributed by atoms with E-state index in [-0.39, 0.29) is 22.2 Å². The standard InChI is InChI=1S/C19H20BF3N2O5S/c1-17(2)18(3,4)30-20(29-17)14-6-5-13(28-19(21,22)23)7-11(14)10-31-16-24-8-12(9-25-16)15(26)27/h5-9H,10H2,1-4H3,(H,26,27). The summed E-state index contributed by atoms with van der Waals surface area (Å²) >= 11 is 1.13. The van der Waals surface area contributed by atoms with Gasteiger partial charge in [-0.2, -0.15) is 0 Å². The number of ether oxygens (including phenoxy) is 1. The zero-order chi connectivity index (χ0) is 23.0. The first-order chi connectivity index (χ1) is 14.3. The fourth-order valence-corrected chi connectivity index (χ4v) is 3.54. The molecule has 2 heterocycles. The molecular formula is C19H20BF3N2O5S. The number of benzene rings is 1. The van der Waals surface area contributed by atoms with Crippen LogP contribution >= 0.6 is 11.8 Å². The van der Waals surface area contributed by atoms with E-state index in [1.165, 1.54) is 18.2 Å². The predicted molar refractivity (Wildman–Crippen MR) is 107 cm³/mol. The monoisotopic (exact) mass is 456 g/mol. The van der Waals surface area contributed by atoms with E-state index in [1.807, 2.05) is 27.7 Å². The Morgan fingerprint density at radius 2 is 1.74 bits per heavy atom. The Bertz CT molecular complexity index is 954. The average Bonchev–Trinajstić information content (AvgIpc) is 2.86. The van der Waals surface area contributed by atoms with Crippen LogP contribution in [0.4, 0.5) is 13.2 Å². The molecule has 0 atom stereocenters. The number of aromatic nitrogens is 2. The van der Waals surface area contributed by atoms with Crippen LogP contribution < -0.4 is 10.2 Å². The van der Waals surface area contributed by atoms with E-state index in [0.29, 0.717) is 11.0 Å². The maximum atomic E-state index is 12.7. The van der Waals surface area contributed by atoms with E-state index in [1.54, 1.807) is 0 Å². The van der Waals surface area contributed by atoms with Gasteiger partial charge in [0.05, 0.1) is 16.8 Å². The van der Waals surface area contributed by atoms with Gasteiger partial charge in [0, 0.05) is 18.1 Å². The minimum Gasteiger partial charge on any atom is -0.478 e. The van der Waals surface area contributed by atoms with Crippen molar-refractivity contribution in [3.8, 4) is 5.75 Å². The Morgan fingerprint density at radius 3 is 2.26 bits per heavy atom. The minimum atomic E-state index is -4.83. The number of alkyl halides is 3. The van der Waals surface area contributed by atoms with Gasteiger partial charge in [0.1, 0.15) is 5.75 Å². The summed E-state index contributed by atoms with van der Waals surface area (Å²) in [5.74, 6) is -1.34. The van der Waals surface area contributed by atoms with Gasteiger partial charge in [-0.1, -0.05) is 17.8 Å². The number of aromatic carboxylic acids is 1. The van der Waals surface area contributed by atoms with E-state index in [0.717, 1.165) is 24.2 Å². The van der Waals surface area contributed by atoms with Crippen molar-refractivity contribution >= 4 is 30.3 Å². The third-order valence-electron chi connectivity index (χ3n) is 5.09. The lowest BCUT2D eigenvalue weighted by atomic mass is 9.76. The Kier molecular flexibility index (Phi) is 6.27. The van der Waals surface area contributed by atoms with Crippen LogP contribution in [0, 0.1) is 0 Å². The number of rotatable bonds is 6. The van der Waals surface area contributed by atoms with Crippen LogP contribution in [-0.4, -0.2) is 45.7 Å². The van der Waals surface area contributed by atoms with Crippen LogP contribution in [-0.2, 0) is 15.1 Å². The summed E-state index contributed by atoms with van der Waals surface area (Å²) in [4.78, 5) is 18.9. The molecule has 1 aromatic heterocycles. The molecule has 1 fully saturated rings. The zero-order valence-corrected chi connectivity index (χ0v) is 18.0. The molecule has 0 saturated carbocycles. The van der Waals surface area contributed by atoms with Crippen LogP contribution in [0.15, 0.2) is 35.7 Å². The normalized spacial score (nSPS) is 17.6. The van der Waals surface area contributed by atoms with Gasteiger partial charge in [-0.15, -0.1) is 13.2 Å². The maximum absolute atomic E-state index is 12.7. The summed E-state index contributed by atoms with van der Waals surface area (Å²) in [5, 5.41) is 9.20. The first kappa shape index (κ1) is 23.4. The van der Waals surface area contributed by atoms with Crippen LogP contribution in [0.1, 0.15) is 43.6 Å². The highest BCUT2D eigenvalue weighted by Crippen LogP contribution is 2.37. The van der Waals surface area contributed by atoms with Gasteiger partial charge in [-0.3, -0.25) is 0 Å². The summed E-state index contributed by atoms with van der Waals surface area (Å²) in [6.45, 7) is 7.50. The third kappa shape index (κ3) is 5.49. The van der Waals surface area contributed by atoms with Gasteiger partial charge >= 0.3 is 19.5 Å². The van der Waals surface area contributed by atoms with Crippen molar-refractivity contribution in [2.45, 2.75) is 56.2 Å². The minimum absolute atomic E-state index is 0.0668. The SMILES string of the molecule is CC1(C)OB(c2ccc(OC(F)(F)F)cc2CSc2ncc(C(=O)O)cn2)OC1(C)C. The van der Waals surface area contributed by atoms with Crippen LogP contribution in [0.2, 0.25) is 0 Å². The molecule has 0 unspecified atom stereocenters. The molecule has 1 aliphatic heterocycles. The van der Waals surface area contributed by atoms with Gasteiger partial charge in [-0.25, -0.2) is 14.8 Å². The van der Waals surface area contributed by atoms with Crippen LogP contribution in [0.3, 0.4) is 0 Å². The van der Waals surface area contributed by atoms with E-state index < -0.39 is 30.7 Å². The molecule has 0 spiro atoms. The summed E-state index contributed by atoms with van der Waals surface area (Å²) in [6.07, 6.45) is -2.50. The Balaban J connectivity index is 1.88. The molecule has 1 aliphatic rings. The molecule has 0 amide bonds. The number of carboxylic acids is 1. The molecule has 0 bridgehead atoms. The van der Waals surface area contributed by atoms with Gasteiger partial charge in [-0.05, 0) is 50.9 Å². The van der Waals surface area contributed by atoms with E-state index in [2.05, 4.69) is 14.7 Å².